The second-order valence-corrected chi connectivity index (χ2v) is 8.95. The molecule has 0 spiro atoms. The second-order valence-electron chi connectivity index (χ2n) is 8.51. The van der Waals surface area contributed by atoms with Crippen molar-refractivity contribution >= 4 is 33.7 Å². The maximum Gasteiger partial charge on any atom is 0.161 e. The molecule has 2 heterocycles. The van der Waals surface area contributed by atoms with Crippen LogP contribution in [0.2, 0.25) is 5.02 Å². The molecule has 1 unspecified atom stereocenters. The molecular weight excluding hydrogens is 394 g/mol. The van der Waals surface area contributed by atoms with Gasteiger partial charge in [0.1, 0.15) is 5.82 Å². The Kier molecular flexibility index (Phi) is 3.61. The first-order chi connectivity index (χ1) is 14.0. The minimum atomic E-state index is -0.849. The predicted molar refractivity (Wildman–Crippen MR) is 108 cm³/mol. The number of benzene rings is 2. The number of hydrogen-bond acceptors (Lipinski definition) is 2. The summed E-state index contributed by atoms with van der Waals surface area (Å²) in [6.07, 6.45) is 3.80. The first kappa shape index (κ1) is 17.4. The van der Waals surface area contributed by atoms with Gasteiger partial charge in [0.05, 0.1) is 28.4 Å². The van der Waals surface area contributed by atoms with Gasteiger partial charge in [-0.25, -0.2) is 18.7 Å². The van der Waals surface area contributed by atoms with Gasteiger partial charge in [-0.05, 0) is 48.8 Å². The summed E-state index contributed by atoms with van der Waals surface area (Å²) in [7, 11) is 0. The molecule has 7 heteroatoms. The molecule has 2 aliphatic carbocycles. The van der Waals surface area contributed by atoms with Crippen LogP contribution in [-0.4, -0.2) is 19.5 Å². The Bertz CT molecular complexity index is 1250. The summed E-state index contributed by atoms with van der Waals surface area (Å²) in [5, 5.41) is 0.693. The molecule has 2 aromatic heterocycles. The van der Waals surface area contributed by atoms with Crippen molar-refractivity contribution in [3.05, 3.63) is 59.1 Å². The monoisotopic (exact) mass is 412 g/mol. The molecule has 0 aliphatic heterocycles. The number of nitrogens with zero attached hydrogens (tertiary/aromatic N) is 3. The van der Waals surface area contributed by atoms with Gasteiger partial charge in [0.25, 0.3) is 0 Å². The lowest BCUT2D eigenvalue weighted by atomic mass is 9.96. The molecule has 4 nitrogen and oxygen atoms in total. The number of rotatable bonds is 3. The standard InChI is InChI=1S/C22H19ClF2N4/c1-10(22-27-17-3-2-11(23)4-18(17)28-22)21-13-5-12(6-14(13)21)29-9-26-19-7-15(24)16(25)8-20(19)29/h2-4,7-10,12-14,21H,5-6H2,1H3,(H,27,28)/t10?,12-,13-,14+,21+. The largest absolute Gasteiger partial charge is 0.342 e. The Hall–Kier alpha value is -2.47. The first-order valence-electron chi connectivity index (χ1n) is 9.96. The molecule has 0 radical (unpaired) electrons. The van der Waals surface area contributed by atoms with Crippen LogP contribution in [-0.2, 0) is 0 Å². The Labute approximate surface area is 170 Å². The van der Waals surface area contributed by atoms with Gasteiger partial charge in [-0.15, -0.1) is 0 Å². The van der Waals surface area contributed by atoms with Crippen LogP contribution in [0.4, 0.5) is 8.78 Å². The van der Waals surface area contributed by atoms with Gasteiger partial charge >= 0.3 is 0 Å². The number of halogens is 3. The quantitative estimate of drug-likeness (QED) is 0.459. The van der Waals surface area contributed by atoms with E-state index in [0.717, 1.165) is 29.7 Å². The minimum absolute atomic E-state index is 0.290. The maximum absolute atomic E-state index is 13.7. The van der Waals surface area contributed by atoms with E-state index < -0.39 is 11.6 Å². The SMILES string of the molecule is CC(c1nc2cc(Cl)ccc2[nH]1)[C@H]1[C@@H]2C[C@@H](n3cnc4cc(F)c(F)cc43)C[C@@H]21. The van der Waals surface area contributed by atoms with Crippen molar-refractivity contribution in [2.24, 2.45) is 17.8 Å². The highest BCUT2D eigenvalue weighted by Gasteiger charge is 2.58. The Morgan fingerprint density at radius 3 is 2.66 bits per heavy atom. The zero-order valence-corrected chi connectivity index (χ0v) is 16.5. The smallest absolute Gasteiger partial charge is 0.161 e. The topological polar surface area (TPSA) is 46.5 Å². The molecule has 2 aromatic carbocycles. The third-order valence-electron chi connectivity index (χ3n) is 6.97. The Balaban J connectivity index is 1.22. The molecule has 148 valence electrons. The molecule has 2 fully saturated rings. The fourth-order valence-corrected chi connectivity index (χ4v) is 5.71. The third-order valence-corrected chi connectivity index (χ3v) is 7.20. The van der Waals surface area contributed by atoms with E-state index >= 15 is 0 Å². The zero-order valence-electron chi connectivity index (χ0n) is 15.7. The van der Waals surface area contributed by atoms with Crippen molar-refractivity contribution in [1.29, 1.82) is 0 Å². The van der Waals surface area contributed by atoms with Gasteiger partial charge in [-0.2, -0.15) is 0 Å². The lowest BCUT2D eigenvalue weighted by Gasteiger charge is -2.19. The van der Waals surface area contributed by atoms with Gasteiger partial charge in [0, 0.05) is 29.1 Å². The highest BCUT2D eigenvalue weighted by atomic mass is 35.5. The van der Waals surface area contributed by atoms with Gasteiger partial charge < -0.3 is 9.55 Å². The van der Waals surface area contributed by atoms with Crippen LogP contribution in [0.1, 0.15) is 37.5 Å². The van der Waals surface area contributed by atoms with Crippen LogP contribution in [0, 0.1) is 29.4 Å². The van der Waals surface area contributed by atoms with Crippen molar-refractivity contribution in [3.8, 4) is 0 Å². The van der Waals surface area contributed by atoms with E-state index in [4.69, 9.17) is 16.6 Å². The summed E-state index contributed by atoms with van der Waals surface area (Å²) < 4.78 is 29.2. The number of hydrogen-bond donors (Lipinski definition) is 1. The zero-order chi connectivity index (χ0) is 19.9. The molecule has 2 saturated carbocycles. The molecular formula is C22H19ClF2N4. The van der Waals surface area contributed by atoms with E-state index in [1.165, 1.54) is 12.1 Å². The molecule has 0 saturated heterocycles. The van der Waals surface area contributed by atoms with Crippen LogP contribution >= 0.6 is 11.6 Å². The summed E-state index contributed by atoms with van der Waals surface area (Å²) in [6.45, 7) is 2.24. The number of nitrogens with one attached hydrogen (secondary N) is 1. The highest BCUT2D eigenvalue weighted by molar-refractivity contribution is 6.31. The van der Waals surface area contributed by atoms with Gasteiger partial charge in [-0.1, -0.05) is 18.5 Å². The van der Waals surface area contributed by atoms with Crippen LogP contribution < -0.4 is 0 Å². The minimum Gasteiger partial charge on any atom is -0.342 e. The third kappa shape index (κ3) is 2.61. The average molecular weight is 413 g/mol. The molecule has 0 amide bonds. The Morgan fingerprint density at radius 1 is 1.10 bits per heavy atom. The highest BCUT2D eigenvalue weighted by Crippen LogP contribution is 2.65. The molecule has 0 bridgehead atoms. The maximum atomic E-state index is 13.7. The van der Waals surface area contributed by atoms with E-state index in [1.54, 1.807) is 6.33 Å². The van der Waals surface area contributed by atoms with Gasteiger partial charge in [0.2, 0.25) is 0 Å². The number of aromatic amines is 1. The predicted octanol–water partition coefficient (Wildman–Crippen LogP) is 5.85. The lowest BCUT2D eigenvalue weighted by Crippen LogP contribution is -2.11. The molecule has 4 aromatic rings. The molecule has 6 rings (SSSR count). The summed E-state index contributed by atoms with van der Waals surface area (Å²) in [6, 6.07) is 8.46. The van der Waals surface area contributed by atoms with E-state index in [9.17, 15) is 8.78 Å². The van der Waals surface area contributed by atoms with Crippen molar-refractivity contribution in [3.63, 3.8) is 0 Å². The summed E-state index contributed by atoms with van der Waals surface area (Å²) >= 11 is 6.08. The first-order valence-corrected chi connectivity index (χ1v) is 10.3. The fraction of sp³-hybridized carbons (Fsp3) is 0.364. The van der Waals surface area contributed by atoms with Gasteiger partial charge in [-0.3, -0.25) is 0 Å². The van der Waals surface area contributed by atoms with Crippen LogP contribution in [0.15, 0.2) is 36.7 Å². The van der Waals surface area contributed by atoms with Crippen molar-refractivity contribution in [2.45, 2.75) is 31.7 Å². The van der Waals surface area contributed by atoms with Crippen molar-refractivity contribution in [1.82, 2.24) is 19.5 Å². The summed E-state index contributed by atoms with van der Waals surface area (Å²) in [4.78, 5) is 12.5. The number of imidazole rings is 2. The van der Waals surface area contributed by atoms with Crippen LogP contribution in [0.3, 0.4) is 0 Å². The normalized spacial score (nSPS) is 26.9. The molecule has 1 N–H and O–H groups in total. The van der Waals surface area contributed by atoms with Crippen LogP contribution in [0.5, 0.6) is 0 Å². The van der Waals surface area contributed by atoms with E-state index in [2.05, 4.69) is 16.9 Å². The summed E-state index contributed by atoms with van der Waals surface area (Å²) in [5.74, 6) is 1.57. The number of aromatic nitrogens is 4. The fourth-order valence-electron chi connectivity index (χ4n) is 5.54. The second kappa shape index (κ2) is 6.02. The average Bonchev–Trinajstić information content (AvgIpc) is 3.09. The Morgan fingerprint density at radius 2 is 1.86 bits per heavy atom. The van der Waals surface area contributed by atoms with Crippen molar-refractivity contribution in [2.75, 3.05) is 0 Å². The van der Waals surface area contributed by atoms with Crippen LogP contribution in [0.25, 0.3) is 22.1 Å². The number of fused-ring (bicyclic) bond motifs is 3. The summed E-state index contributed by atoms with van der Waals surface area (Å²) in [5.41, 5.74) is 3.10. The lowest BCUT2D eigenvalue weighted by molar-refractivity contribution is 0.406. The molecule has 2 aliphatic rings. The molecule has 5 atom stereocenters. The van der Waals surface area contributed by atoms with E-state index in [-0.39, 0.29) is 6.04 Å². The van der Waals surface area contributed by atoms with Crippen molar-refractivity contribution < 1.29 is 8.78 Å². The van der Waals surface area contributed by atoms with E-state index in [0.29, 0.717) is 39.7 Å². The van der Waals surface area contributed by atoms with E-state index in [1.807, 2.05) is 22.8 Å². The van der Waals surface area contributed by atoms with Gasteiger partial charge in [0.15, 0.2) is 11.6 Å². The molecule has 29 heavy (non-hydrogen) atoms. The number of H-pyrrole nitrogens is 1.